The largest absolute Gasteiger partial charge is 0.312 e. The van der Waals surface area contributed by atoms with Crippen molar-refractivity contribution < 1.29 is 4.39 Å². The topological polar surface area (TPSA) is 47.8 Å². The zero-order valence-corrected chi connectivity index (χ0v) is 10.6. The predicted octanol–water partition coefficient (Wildman–Crippen LogP) is 2.68. The van der Waals surface area contributed by atoms with Crippen LogP contribution in [0.3, 0.4) is 0 Å². The van der Waals surface area contributed by atoms with Gasteiger partial charge in [0.25, 0.3) is 5.56 Å². The minimum Gasteiger partial charge on any atom is -0.312 e. The summed E-state index contributed by atoms with van der Waals surface area (Å²) in [6.07, 6.45) is 2.57. The Morgan fingerprint density at radius 1 is 1.39 bits per heavy atom. The van der Waals surface area contributed by atoms with Crippen LogP contribution >= 0.6 is 11.6 Å². The monoisotopic (exact) mass is 267 g/mol. The van der Waals surface area contributed by atoms with E-state index in [0.717, 1.165) is 6.20 Å². The third-order valence-corrected chi connectivity index (χ3v) is 2.66. The Morgan fingerprint density at radius 2 is 2.11 bits per heavy atom. The lowest BCUT2D eigenvalue weighted by atomic mass is 10.2. The van der Waals surface area contributed by atoms with Crippen molar-refractivity contribution in [3.8, 4) is 11.3 Å². The molecular formula is C12H11ClFN3O. The van der Waals surface area contributed by atoms with Crippen molar-refractivity contribution in [2.75, 3.05) is 0 Å². The molecule has 0 atom stereocenters. The van der Waals surface area contributed by atoms with Crippen molar-refractivity contribution >= 4 is 11.6 Å². The van der Waals surface area contributed by atoms with E-state index in [1.165, 1.54) is 16.7 Å². The average Bonchev–Trinajstić information content (AvgIpc) is 2.33. The molecule has 0 aliphatic carbocycles. The number of aromatic nitrogens is 3. The molecule has 6 heteroatoms. The molecule has 0 unspecified atom stereocenters. The van der Waals surface area contributed by atoms with E-state index in [1.54, 1.807) is 6.20 Å². The highest BCUT2D eigenvalue weighted by Gasteiger charge is 2.11. The third kappa shape index (κ3) is 2.41. The van der Waals surface area contributed by atoms with Gasteiger partial charge in [0.05, 0.1) is 6.20 Å². The molecule has 0 bridgehead atoms. The molecule has 0 fully saturated rings. The normalized spacial score (nSPS) is 10.9. The van der Waals surface area contributed by atoms with Crippen LogP contribution in [0.1, 0.15) is 19.9 Å². The van der Waals surface area contributed by atoms with Gasteiger partial charge in [0.1, 0.15) is 5.69 Å². The molecule has 0 aromatic carbocycles. The Morgan fingerprint density at radius 3 is 2.78 bits per heavy atom. The molecule has 2 rings (SSSR count). The Balaban J connectivity index is 2.61. The summed E-state index contributed by atoms with van der Waals surface area (Å²) in [7, 11) is 0. The van der Waals surface area contributed by atoms with Crippen molar-refractivity contribution in [3.05, 3.63) is 46.0 Å². The van der Waals surface area contributed by atoms with Crippen molar-refractivity contribution in [1.29, 1.82) is 0 Å². The Labute approximate surface area is 108 Å². The molecule has 2 heterocycles. The van der Waals surface area contributed by atoms with E-state index in [2.05, 4.69) is 9.97 Å². The van der Waals surface area contributed by atoms with Gasteiger partial charge in [-0.25, -0.2) is 14.4 Å². The molecule has 94 valence electrons. The zero-order chi connectivity index (χ0) is 13.3. The van der Waals surface area contributed by atoms with Crippen LogP contribution in [0.4, 0.5) is 4.39 Å². The van der Waals surface area contributed by atoms with Gasteiger partial charge < -0.3 is 4.57 Å². The van der Waals surface area contributed by atoms with Crippen LogP contribution in [0.25, 0.3) is 11.3 Å². The number of pyridine rings is 1. The summed E-state index contributed by atoms with van der Waals surface area (Å²) in [6.45, 7) is 3.74. The van der Waals surface area contributed by atoms with E-state index in [0.29, 0.717) is 5.56 Å². The van der Waals surface area contributed by atoms with Gasteiger partial charge in [-0.15, -0.1) is 0 Å². The van der Waals surface area contributed by atoms with Crippen molar-refractivity contribution in [2.45, 2.75) is 19.9 Å². The summed E-state index contributed by atoms with van der Waals surface area (Å²) in [5.74, 6) is -0.576. The molecule has 4 nitrogen and oxygen atoms in total. The van der Waals surface area contributed by atoms with E-state index in [1.807, 2.05) is 13.8 Å². The third-order valence-electron chi connectivity index (χ3n) is 2.48. The Bertz CT molecular complexity index is 639. The summed E-state index contributed by atoms with van der Waals surface area (Å²) in [4.78, 5) is 19.0. The number of hydrogen-bond donors (Lipinski definition) is 0. The second kappa shape index (κ2) is 4.86. The first-order chi connectivity index (χ1) is 8.49. The molecule has 0 N–H and O–H groups in total. The maximum absolute atomic E-state index is 13.6. The first-order valence-corrected chi connectivity index (χ1v) is 5.77. The molecule has 2 aromatic rings. The van der Waals surface area contributed by atoms with Crippen LogP contribution < -0.4 is 5.56 Å². The van der Waals surface area contributed by atoms with Gasteiger partial charge in [-0.2, -0.15) is 0 Å². The molecule has 0 spiro atoms. The van der Waals surface area contributed by atoms with Crippen LogP contribution in [-0.2, 0) is 0 Å². The summed E-state index contributed by atoms with van der Waals surface area (Å²) >= 11 is 5.64. The molecule has 0 aliphatic heterocycles. The van der Waals surface area contributed by atoms with Gasteiger partial charge in [0.15, 0.2) is 5.82 Å². The van der Waals surface area contributed by atoms with Gasteiger partial charge in [-0.1, -0.05) is 0 Å². The second-order valence-electron chi connectivity index (χ2n) is 4.09. The molecule has 0 saturated heterocycles. The maximum Gasteiger partial charge on any atom is 0.250 e. The number of nitrogens with zero attached hydrogens (tertiary/aromatic N) is 3. The lowest BCUT2D eigenvalue weighted by molar-refractivity contribution is 0.577. The highest BCUT2D eigenvalue weighted by atomic mass is 35.5. The average molecular weight is 268 g/mol. The first kappa shape index (κ1) is 12.7. The molecule has 18 heavy (non-hydrogen) atoms. The fourth-order valence-electron chi connectivity index (χ4n) is 1.60. The Kier molecular flexibility index (Phi) is 3.43. The summed E-state index contributed by atoms with van der Waals surface area (Å²) < 4.78 is 15.1. The Hall–Kier alpha value is -1.75. The van der Waals surface area contributed by atoms with Gasteiger partial charge in [-0.05, 0) is 31.5 Å². The lowest BCUT2D eigenvalue weighted by Crippen LogP contribution is -2.20. The zero-order valence-electron chi connectivity index (χ0n) is 9.89. The van der Waals surface area contributed by atoms with Crippen LogP contribution in [0.15, 0.2) is 29.3 Å². The number of rotatable bonds is 2. The van der Waals surface area contributed by atoms with Gasteiger partial charge in [0.2, 0.25) is 5.28 Å². The molecule has 0 radical (unpaired) electrons. The first-order valence-electron chi connectivity index (χ1n) is 5.39. The minimum atomic E-state index is -0.576. The van der Waals surface area contributed by atoms with E-state index < -0.39 is 5.82 Å². The highest BCUT2D eigenvalue weighted by molar-refractivity contribution is 6.28. The van der Waals surface area contributed by atoms with Crippen LogP contribution in [0.2, 0.25) is 5.28 Å². The molecule has 0 aliphatic rings. The molecular weight excluding hydrogens is 257 g/mol. The van der Waals surface area contributed by atoms with Gasteiger partial charge in [0, 0.05) is 23.9 Å². The molecule has 2 aromatic heterocycles. The molecule has 0 amide bonds. The minimum absolute atomic E-state index is 0.0159. The summed E-state index contributed by atoms with van der Waals surface area (Å²) in [6, 6.07) is 2.88. The van der Waals surface area contributed by atoms with Gasteiger partial charge >= 0.3 is 0 Å². The second-order valence-corrected chi connectivity index (χ2v) is 4.43. The van der Waals surface area contributed by atoms with E-state index >= 15 is 0 Å². The predicted molar refractivity (Wildman–Crippen MR) is 67.1 cm³/mol. The van der Waals surface area contributed by atoms with Crippen LogP contribution in [0, 0.1) is 5.82 Å². The van der Waals surface area contributed by atoms with Crippen molar-refractivity contribution in [3.63, 3.8) is 0 Å². The maximum atomic E-state index is 13.6. The smallest absolute Gasteiger partial charge is 0.250 e. The van der Waals surface area contributed by atoms with Crippen molar-refractivity contribution in [2.24, 2.45) is 0 Å². The van der Waals surface area contributed by atoms with Crippen molar-refractivity contribution in [1.82, 2.24) is 14.5 Å². The summed E-state index contributed by atoms with van der Waals surface area (Å²) in [5.41, 5.74) is 0.434. The lowest BCUT2D eigenvalue weighted by Gasteiger charge is -2.11. The number of hydrogen-bond acceptors (Lipinski definition) is 3. The fraction of sp³-hybridized carbons (Fsp3) is 0.250. The standard InChI is InChI=1S/C12H11ClFN3O/c1-7(2)17-6-8(3-4-10(17)18)11-9(14)5-15-12(13)16-11/h3-7H,1-2H3. The SMILES string of the molecule is CC(C)n1cc(-c2nc(Cl)ncc2F)ccc1=O. The van der Waals surface area contributed by atoms with Crippen LogP contribution in [0.5, 0.6) is 0 Å². The van der Waals surface area contributed by atoms with E-state index in [9.17, 15) is 9.18 Å². The van der Waals surface area contributed by atoms with Crippen LogP contribution in [-0.4, -0.2) is 14.5 Å². The van der Waals surface area contributed by atoms with E-state index in [4.69, 9.17) is 11.6 Å². The van der Waals surface area contributed by atoms with E-state index in [-0.39, 0.29) is 22.6 Å². The molecule has 0 saturated carbocycles. The van der Waals surface area contributed by atoms with Gasteiger partial charge in [-0.3, -0.25) is 4.79 Å². The fourth-order valence-corrected chi connectivity index (χ4v) is 1.73. The highest BCUT2D eigenvalue weighted by Crippen LogP contribution is 2.20. The quantitative estimate of drug-likeness (QED) is 0.786. The number of halogens is 2. The summed E-state index contributed by atoms with van der Waals surface area (Å²) in [5, 5.41) is -0.0336.